The third-order valence-corrected chi connectivity index (χ3v) is 8.53. The summed E-state index contributed by atoms with van der Waals surface area (Å²) in [5, 5.41) is 10.8. The van der Waals surface area contributed by atoms with Crippen molar-refractivity contribution in [2.45, 2.75) is 25.4 Å². The molecule has 1 aliphatic heterocycles. The third-order valence-electron chi connectivity index (χ3n) is 8.53. The molecule has 2 aromatic heterocycles. The molecule has 0 unspecified atom stereocenters. The average Bonchev–Trinajstić information content (AvgIpc) is 3.09. The van der Waals surface area contributed by atoms with E-state index in [0.717, 1.165) is 64.9 Å². The van der Waals surface area contributed by atoms with Gasteiger partial charge in [0.25, 0.3) is 11.5 Å². The summed E-state index contributed by atoms with van der Waals surface area (Å²) in [4.78, 5) is 39.4. The molecule has 6 rings (SSSR count). The highest BCUT2D eigenvalue weighted by molar-refractivity contribution is 5.93. The number of fused-ring (bicyclic) bond motifs is 1. The number of aromatic nitrogens is 4. The topological polar surface area (TPSA) is 108 Å². The van der Waals surface area contributed by atoms with E-state index in [2.05, 4.69) is 61.7 Å². The lowest BCUT2D eigenvalue weighted by atomic mass is 10.0. The fraction of sp³-hybridized carbons (Fsp3) is 0.250. The van der Waals surface area contributed by atoms with E-state index in [1.807, 2.05) is 36.4 Å². The Balaban J connectivity index is 1.03. The van der Waals surface area contributed by atoms with Crippen molar-refractivity contribution in [3.8, 4) is 0 Å². The first kappa shape index (κ1) is 32.5. The van der Waals surface area contributed by atoms with E-state index in [4.69, 9.17) is 0 Å². The SMILES string of the molecule is CN1CCC(N(C)c2ccc(Nc3ncc4cc(/C=C/CNC(=O)c5ccnn(Cc6ccc(F)c(F)c6)c5=O)ccc4n3)cc2)CC1. The molecule has 3 aromatic carbocycles. The summed E-state index contributed by atoms with van der Waals surface area (Å²) < 4.78 is 27.8. The molecule has 1 fully saturated rings. The molecule has 0 atom stereocenters. The van der Waals surface area contributed by atoms with E-state index in [-0.39, 0.29) is 18.7 Å². The number of benzene rings is 3. The fourth-order valence-corrected chi connectivity index (χ4v) is 5.71. The number of likely N-dealkylation sites (tertiary alicyclic amines) is 1. The second kappa shape index (κ2) is 14.5. The van der Waals surface area contributed by atoms with Crippen LogP contribution in [0.5, 0.6) is 0 Å². The maximum atomic E-state index is 13.6. The predicted molar refractivity (Wildman–Crippen MR) is 184 cm³/mol. The van der Waals surface area contributed by atoms with Gasteiger partial charge >= 0.3 is 0 Å². The van der Waals surface area contributed by atoms with Crippen LogP contribution in [-0.4, -0.2) is 70.3 Å². The lowest BCUT2D eigenvalue weighted by molar-refractivity contribution is 0.0955. The molecular formula is C36H36F2N8O2. The fourth-order valence-electron chi connectivity index (χ4n) is 5.71. The zero-order valence-corrected chi connectivity index (χ0v) is 26.7. The van der Waals surface area contributed by atoms with Crippen molar-refractivity contribution in [2.75, 3.05) is 43.9 Å². The first-order valence-electron chi connectivity index (χ1n) is 15.7. The predicted octanol–water partition coefficient (Wildman–Crippen LogP) is 5.23. The molecule has 3 heterocycles. The molecule has 0 saturated carbocycles. The number of carbonyl (C=O) groups is 1. The van der Waals surface area contributed by atoms with Gasteiger partial charge in [-0.25, -0.2) is 23.4 Å². The highest BCUT2D eigenvalue weighted by Gasteiger charge is 2.21. The number of amides is 1. The molecule has 246 valence electrons. The van der Waals surface area contributed by atoms with Gasteiger partial charge in [-0.05, 0) is 98.7 Å². The second-order valence-electron chi connectivity index (χ2n) is 11.9. The number of nitrogens with zero attached hydrogens (tertiary/aromatic N) is 6. The highest BCUT2D eigenvalue weighted by atomic mass is 19.2. The van der Waals surface area contributed by atoms with E-state index in [0.29, 0.717) is 17.6 Å². The minimum absolute atomic E-state index is 0.107. The van der Waals surface area contributed by atoms with E-state index in [1.54, 1.807) is 12.3 Å². The largest absolute Gasteiger partial charge is 0.372 e. The van der Waals surface area contributed by atoms with Gasteiger partial charge in [0.2, 0.25) is 5.95 Å². The van der Waals surface area contributed by atoms with E-state index in [1.165, 1.54) is 24.0 Å². The Labute approximate surface area is 276 Å². The summed E-state index contributed by atoms with van der Waals surface area (Å²) in [6, 6.07) is 19.3. The summed E-state index contributed by atoms with van der Waals surface area (Å²) in [5.74, 6) is -2.07. The molecule has 12 heteroatoms. The molecule has 48 heavy (non-hydrogen) atoms. The summed E-state index contributed by atoms with van der Waals surface area (Å²) in [6.07, 6.45) is 9.02. The number of carbonyl (C=O) groups excluding carboxylic acids is 1. The molecule has 0 radical (unpaired) electrons. The number of hydrogen-bond acceptors (Lipinski definition) is 8. The van der Waals surface area contributed by atoms with Crippen molar-refractivity contribution in [3.05, 3.63) is 124 Å². The van der Waals surface area contributed by atoms with Crippen molar-refractivity contribution >= 4 is 40.2 Å². The second-order valence-corrected chi connectivity index (χ2v) is 11.9. The molecule has 1 amide bonds. The standard InChI is InChI=1S/C36H36F2N8O2/c1-44-18-14-29(15-19-44)45(2)28-9-7-27(8-10-28)42-36-40-22-26-20-24(6-12-33(26)43-36)4-3-16-39-34(47)30-13-17-41-46(35(30)48)23-25-5-11-31(37)32(38)21-25/h3-13,17,20-22,29H,14-16,18-19,23H2,1-2H3,(H,39,47)(H,40,42,43)/b4-3+. The number of piperidine rings is 1. The van der Waals surface area contributed by atoms with Gasteiger partial charge in [-0.15, -0.1) is 0 Å². The smallest absolute Gasteiger partial charge is 0.279 e. The van der Waals surface area contributed by atoms with Gasteiger partial charge in [-0.1, -0.05) is 24.3 Å². The number of hydrogen-bond donors (Lipinski definition) is 2. The Bertz CT molecular complexity index is 2010. The summed E-state index contributed by atoms with van der Waals surface area (Å²) in [7, 11) is 4.34. The first-order chi connectivity index (χ1) is 23.2. The lowest BCUT2D eigenvalue weighted by Gasteiger charge is -2.36. The van der Waals surface area contributed by atoms with Crippen molar-refractivity contribution < 1.29 is 13.6 Å². The Morgan fingerprint density at radius 2 is 1.81 bits per heavy atom. The molecule has 0 aliphatic carbocycles. The van der Waals surface area contributed by atoms with Crippen LogP contribution in [0.2, 0.25) is 0 Å². The highest BCUT2D eigenvalue weighted by Crippen LogP contribution is 2.25. The molecule has 10 nitrogen and oxygen atoms in total. The Kier molecular flexibility index (Phi) is 9.81. The maximum Gasteiger partial charge on any atom is 0.279 e. The molecule has 1 aliphatic rings. The molecule has 2 N–H and O–H groups in total. The van der Waals surface area contributed by atoms with E-state index < -0.39 is 23.1 Å². The lowest BCUT2D eigenvalue weighted by Crippen LogP contribution is -2.41. The van der Waals surface area contributed by atoms with Crippen LogP contribution in [0.25, 0.3) is 17.0 Å². The quantitative estimate of drug-likeness (QED) is 0.212. The summed E-state index contributed by atoms with van der Waals surface area (Å²) in [6.45, 7) is 2.31. The van der Waals surface area contributed by atoms with Crippen LogP contribution in [-0.2, 0) is 6.54 Å². The monoisotopic (exact) mass is 650 g/mol. The number of anilines is 3. The molecule has 0 bridgehead atoms. The zero-order chi connectivity index (χ0) is 33.6. The molecule has 1 saturated heterocycles. The normalized spacial score (nSPS) is 14.0. The number of rotatable bonds is 10. The van der Waals surface area contributed by atoms with Crippen LogP contribution < -0.4 is 21.1 Å². The first-order valence-corrected chi connectivity index (χ1v) is 15.7. The van der Waals surface area contributed by atoms with Crippen LogP contribution in [0.15, 0.2) is 90.0 Å². The Morgan fingerprint density at radius 3 is 2.58 bits per heavy atom. The number of halogens is 2. The van der Waals surface area contributed by atoms with Crippen molar-refractivity contribution in [1.29, 1.82) is 0 Å². The summed E-state index contributed by atoms with van der Waals surface area (Å²) in [5.41, 5.74) is 3.37. The van der Waals surface area contributed by atoms with E-state index >= 15 is 0 Å². The minimum Gasteiger partial charge on any atom is -0.372 e. The van der Waals surface area contributed by atoms with Crippen molar-refractivity contribution in [3.63, 3.8) is 0 Å². The third kappa shape index (κ3) is 7.72. The van der Waals surface area contributed by atoms with Crippen LogP contribution >= 0.6 is 0 Å². The molecule has 0 spiro atoms. The number of nitrogens with one attached hydrogen (secondary N) is 2. The van der Waals surface area contributed by atoms with E-state index in [9.17, 15) is 18.4 Å². The average molecular weight is 651 g/mol. The Hall–Kier alpha value is -5.49. The van der Waals surface area contributed by atoms with Gasteiger partial charge in [0.1, 0.15) is 5.56 Å². The van der Waals surface area contributed by atoms with Gasteiger partial charge in [0.15, 0.2) is 11.6 Å². The maximum absolute atomic E-state index is 13.6. The van der Waals surface area contributed by atoms with Gasteiger partial charge in [0, 0.05) is 48.8 Å². The van der Waals surface area contributed by atoms with Gasteiger partial charge < -0.3 is 20.4 Å². The van der Waals surface area contributed by atoms with Crippen molar-refractivity contribution in [2.24, 2.45) is 0 Å². The van der Waals surface area contributed by atoms with Crippen LogP contribution in [0.4, 0.5) is 26.1 Å². The zero-order valence-electron chi connectivity index (χ0n) is 26.7. The van der Waals surface area contributed by atoms with Gasteiger partial charge in [-0.3, -0.25) is 9.59 Å². The summed E-state index contributed by atoms with van der Waals surface area (Å²) >= 11 is 0. The minimum atomic E-state index is -1.02. The Morgan fingerprint density at radius 1 is 1.02 bits per heavy atom. The molecule has 5 aromatic rings. The van der Waals surface area contributed by atoms with Crippen molar-refractivity contribution in [1.82, 2.24) is 30.0 Å². The van der Waals surface area contributed by atoms with Gasteiger partial charge in [-0.2, -0.15) is 5.10 Å². The van der Waals surface area contributed by atoms with Crippen LogP contribution in [0.1, 0.15) is 34.3 Å². The molecular weight excluding hydrogens is 614 g/mol. The van der Waals surface area contributed by atoms with Gasteiger partial charge in [0.05, 0.1) is 12.1 Å². The van der Waals surface area contributed by atoms with Crippen LogP contribution in [0, 0.1) is 11.6 Å². The van der Waals surface area contributed by atoms with Crippen LogP contribution in [0.3, 0.4) is 0 Å².